The number of hydrogen-bond acceptors (Lipinski definition) is 5. The molecule has 1 aromatic carbocycles. The number of aromatic amines is 1. The van der Waals surface area contributed by atoms with Crippen molar-refractivity contribution in [3.8, 4) is 5.75 Å². The third-order valence-electron chi connectivity index (χ3n) is 7.00. The molecule has 10 nitrogen and oxygen atoms in total. The number of carbonyl (C=O) groups excluding carboxylic acids is 4. The Labute approximate surface area is 220 Å². The first kappa shape index (κ1) is 26.8. The number of nitrogens with one attached hydrogen (secondary N) is 4. The van der Waals surface area contributed by atoms with E-state index in [1.54, 1.807) is 18.2 Å². The molecule has 1 aromatic heterocycles. The van der Waals surface area contributed by atoms with Gasteiger partial charge in [-0.3, -0.25) is 19.2 Å². The summed E-state index contributed by atoms with van der Waals surface area (Å²) in [4.78, 5) is 54.1. The van der Waals surface area contributed by atoms with Crippen molar-refractivity contribution in [2.24, 2.45) is 17.1 Å². The summed E-state index contributed by atoms with van der Waals surface area (Å²) in [7, 11) is 1.52. The Hall–Kier alpha value is -3.27. The minimum atomic E-state index is -1.03. The van der Waals surface area contributed by atoms with Crippen LogP contribution in [0.2, 0.25) is 5.02 Å². The smallest absolute Gasteiger partial charge is 0.268 e. The highest BCUT2D eigenvalue weighted by Gasteiger charge is 2.52. The Balaban J connectivity index is 1.49. The second-order valence-corrected chi connectivity index (χ2v) is 11.8. The summed E-state index contributed by atoms with van der Waals surface area (Å²) < 4.78 is 5.23. The highest BCUT2D eigenvalue weighted by Crippen LogP contribution is 2.46. The quantitative estimate of drug-likeness (QED) is 0.336. The molecule has 200 valence electrons. The fourth-order valence-electron chi connectivity index (χ4n) is 4.92. The number of amides is 4. The Kier molecular flexibility index (Phi) is 7.16. The van der Waals surface area contributed by atoms with E-state index in [1.165, 1.54) is 7.11 Å². The third kappa shape index (κ3) is 6.18. The molecule has 6 N–H and O–H groups in total. The lowest BCUT2D eigenvalue weighted by molar-refractivity contribution is -0.130. The standard InChI is InChI=1S/C26H34ClN5O5/c1-25(2,3)12-19(31-23(35)18-8-13-7-15(37-4)10-16(27)20(13)29-18)24(36)30-17(21(28)33)9-14-11-26(5-6-26)32-22(14)34/h7-8,10,14,17,19,29H,5-6,9,11-12H2,1-4H3,(H2,28,33)(H,30,36)(H,31,35)(H,32,34)/t14-,17+,19+/m1/s1. The zero-order chi connectivity index (χ0) is 27.1. The number of hydrogen-bond donors (Lipinski definition) is 5. The lowest BCUT2D eigenvalue weighted by atomic mass is 9.87. The van der Waals surface area contributed by atoms with Crippen LogP contribution in [0.1, 0.15) is 63.4 Å². The van der Waals surface area contributed by atoms with E-state index in [9.17, 15) is 19.2 Å². The number of carbonyl (C=O) groups is 4. The Morgan fingerprint density at radius 2 is 1.89 bits per heavy atom. The topological polar surface area (TPSA) is 155 Å². The van der Waals surface area contributed by atoms with Crippen molar-refractivity contribution in [3.05, 3.63) is 28.9 Å². The van der Waals surface area contributed by atoms with E-state index < -0.39 is 35.7 Å². The van der Waals surface area contributed by atoms with Crippen LogP contribution in [0.15, 0.2) is 18.2 Å². The molecular formula is C26H34ClN5O5. The zero-order valence-corrected chi connectivity index (χ0v) is 22.3. The number of primary amides is 1. The molecule has 2 aromatic rings. The van der Waals surface area contributed by atoms with Gasteiger partial charge >= 0.3 is 0 Å². The molecule has 3 atom stereocenters. The Bertz CT molecular complexity index is 1250. The maximum atomic E-state index is 13.3. The number of ether oxygens (including phenoxy) is 1. The van der Waals surface area contributed by atoms with Gasteiger partial charge in [0.25, 0.3) is 5.91 Å². The van der Waals surface area contributed by atoms with Crippen molar-refractivity contribution >= 4 is 46.1 Å². The van der Waals surface area contributed by atoms with Crippen LogP contribution in [-0.2, 0) is 14.4 Å². The van der Waals surface area contributed by atoms with Gasteiger partial charge in [-0.1, -0.05) is 32.4 Å². The predicted octanol–water partition coefficient (Wildman–Crippen LogP) is 2.39. The van der Waals surface area contributed by atoms with Gasteiger partial charge in [0.2, 0.25) is 17.7 Å². The van der Waals surface area contributed by atoms with Crippen molar-refractivity contribution in [1.82, 2.24) is 20.9 Å². The van der Waals surface area contributed by atoms with Gasteiger partial charge in [-0.25, -0.2) is 0 Å². The van der Waals surface area contributed by atoms with Gasteiger partial charge in [0.1, 0.15) is 23.5 Å². The molecule has 4 amide bonds. The third-order valence-corrected chi connectivity index (χ3v) is 7.30. The molecule has 0 radical (unpaired) electrons. The second kappa shape index (κ2) is 9.89. The van der Waals surface area contributed by atoms with E-state index in [4.69, 9.17) is 22.1 Å². The summed E-state index contributed by atoms with van der Waals surface area (Å²) in [5.41, 5.74) is 5.91. The number of aromatic nitrogens is 1. The summed E-state index contributed by atoms with van der Waals surface area (Å²) >= 11 is 6.31. The van der Waals surface area contributed by atoms with Gasteiger partial charge in [-0.15, -0.1) is 0 Å². The molecule has 1 aliphatic carbocycles. The summed E-state index contributed by atoms with van der Waals surface area (Å²) in [5.74, 6) is -1.73. The number of methoxy groups -OCH3 is 1. The molecule has 2 aliphatic rings. The van der Waals surface area contributed by atoms with E-state index >= 15 is 0 Å². The van der Waals surface area contributed by atoms with Gasteiger partial charge in [0.05, 0.1) is 17.6 Å². The summed E-state index contributed by atoms with van der Waals surface area (Å²) in [6.45, 7) is 5.83. The molecule has 0 unspecified atom stereocenters. The largest absolute Gasteiger partial charge is 0.497 e. The normalized spacial score (nSPS) is 19.8. The highest BCUT2D eigenvalue weighted by atomic mass is 35.5. The molecule has 11 heteroatoms. The van der Waals surface area contributed by atoms with Gasteiger partial charge in [-0.2, -0.15) is 0 Å². The minimum absolute atomic E-state index is 0.118. The molecule has 1 aliphatic heterocycles. The maximum absolute atomic E-state index is 13.3. The minimum Gasteiger partial charge on any atom is -0.497 e. The van der Waals surface area contributed by atoms with Gasteiger partial charge < -0.3 is 31.4 Å². The van der Waals surface area contributed by atoms with E-state index in [-0.39, 0.29) is 29.0 Å². The van der Waals surface area contributed by atoms with E-state index in [0.29, 0.717) is 34.5 Å². The van der Waals surface area contributed by atoms with Crippen molar-refractivity contribution in [1.29, 1.82) is 0 Å². The number of halogens is 1. The van der Waals surface area contributed by atoms with E-state index in [2.05, 4.69) is 20.9 Å². The van der Waals surface area contributed by atoms with Gasteiger partial charge in [0.15, 0.2) is 0 Å². The van der Waals surface area contributed by atoms with Crippen LogP contribution >= 0.6 is 11.6 Å². The first-order valence-corrected chi connectivity index (χ1v) is 12.8. The lowest BCUT2D eigenvalue weighted by Crippen LogP contribution is -2.54. The van der Waals surface area contributed by atoms with Crippen LogP contribution in [0.3, 0.4) is 0 Å². The average Bonchev–Trinajstić information content (AvgIpc) is 3.27. The van der Waals surface area contributed by atoms with Crippen LogP contribution in [0.25, 0.3) is 10.9 Å². The number of benzene rings is 1. The van der Waals surface area contributed by atoms with Gasteiger partial charge in [0, 0.05) is 22.9 Å². The van der Waals surface area contributed by atoms with Crippen molar-refractivity contribution < 1.29 is 23.9 Å². The molecule has 1 saturated carbocycles. The fourth-order valence-corrected chi connectivity index (χ4v) is 5.19. The molecule has 4 rings (SSSR count). The molecular weight excluding hydrogens is 498 g/mol. The molecule has 0 bridgehead atoms. The molecule has 2 fully saturated rings. The summed E-state index contributed by atoms with van der Waals surface area (Å²) in [6, 6.07) is 3.03. The van der Waals surface area contributed by atoms with Gasteiger partial charge in [-0.05, 0) is 49.7 Å². The van der Waals surface area contributed by atoms with Crippen molar-refractivity contribution in [3.63, 3.8) is 0 Å². The maximum Gasteiger partial charge on any atom is 0.268 e. The molecule has 1 spiro atoms. The second-order valence-electron chi connectivity index (χ2n) is 11.4. The first-order valence-electron chi connectivity index (χ1n) is 12.4. The fraction of sp³-hybridized carbons (Fsp3) is 0.538. The first-order chi connectivity index (χ1) is 17.3. The predicted molar refractivity (Wildman–Crippen MR) is 139 cm³/mol. The highest BCUT2D eigenvalue weighted by molar-refractivity contribution is 6.35. The summed E-state index contributed by atoms with van der Waals surface area (Å²) in [6.07, 6.45) is 2.90. The molecule has 1 saturated heterocycles. The lowest BCUT2D eigenvalue weighted by Gasteiger charge is -2.28. The van der Waals surface area contributed by atoms with Crippen LogP contribution in [0.5, 0.6) is 5.75 Å². The summed E-state index contributed by atoms with van der Waals surface area (Å²) in [5, 5.41) is 9.53. The monoisotopic (exact) mass is 531 g/mol. The average molecular weight is 532 g/mol. The number of fused-ring (bicyclic) bond motifs is 1. The Morgan fingerprint density at radius 3 is 2.46 bits per heavy atom. The van der Waals surface area contributed by atoms with Crippen LogP contribution < -0.4 is 26.4 Å². The van der Waals surface area contributed by atoms with Crippen LogP contribution in [0.4, 0.5) is 0 Å². The zero-order valence-electron chi connectivity index (χ0n) is 21.5. The number of rotatable bonds is 9. The molecule has 37 heavy (non-hydrogen) atoms. The van der Waals surface area contributed by atoms with Crippen molar-refractivity contribution in [2.75, 3.05) is 7.11 Å². The number of nitrogens with two attached hydrogens (primary N) is 1. The Morgan fingerprint density at radius 1 is 1.19 bits per heavy atom. The van der Waals surface area contributed by atoms with Crippen LogP contribution in [0, 0.1) is 11.3 Å². The molecule has 2 heterocycles. The SMILES string of the molecule is COc1cc(Cl)c2[nH]c(C(=O)N[C@@H](CC(C)(C)C)C(=O)N[C@@H](C[C@@H]3CC4(CC4)NC3=O)C(N)=O)cc2c1. The van der Waals surface area contributed by atoms with E-state index in [1.807, 2.05) is 20.8 Å². The van der Waals surface area contributed by atoms with Crippen LogP contribution in [-0.4, -0.2) is 53.3 Å². The van der Waals surface area contributed by atoms with Crippen molar-refractivity contribution in [2.45, 2.75) is 70.5 Å². The number of H-pyrrole nitrogens is 1. The van der Waals surface area contributed by atoms with E-state index in [0.717, 1.165) is 12.8 Å².